The lowest BCUT2D eigenvalue weighted by Crippen LogP contribution is -2.42. The molecule has 126 valence electrons. The van der Waals surface area contributed by atoms with Crippen LogP contribution in [-0.2, 0) is 5.54 Å². The number of carbonyl (C=O) groups excluding carboxylic acids is 1. The van der Waals surface area contributed by atoms with E-state index in [1.54, 1.807) is 0 Å². The average molecular weight is 316 g/mol. The van der Waals surface area contributed by atoms with Crippen LogP contribution in [0.15, 0.2) is 6.07 Å². The van der Waals surface area contributed by atoms with Crippen molar-refractivity contribution in [3.8, 4) is 0 Å². The molecule has 3 heterocycles. The molecule has 23 heavy (non-hydrogen) atoms. The zero-order chi connectivity index (χ0) is 16.2. The molecule has 1 N–H and O–H groups in total. The van der Waals surface area contributed by atoms with E-state index in [0.717, 1.165) is 32.4 Å². The second-order valence-electron chi connectivity index (χ2n) is 8.40. The van der Waals surface area contributed by atoms with Crippen molar-refractivity contribution in [3.63, 3.8) is 0 Å². The van der Waals surface area contributed by atoms with Crippen molar-refractivity contribution in [3.05, 3.63) is 17.5 Å². The van der Waals surface area contributed by atoms with Gasteiger partial charge in [0.25, 0.3) is 5.91 Å². The third-order valence-corrected chi connectivity index (χ3v) is 5.48. The maximum atomic E-state index is 13.2. The number of carbonyl (C=O) groups is 1. The fourth-order valence-electron chi connectivity index (χ4n) is 4.15. The van der Waals surface area contributed by atoms with E-state index in [9.17, 15) is 4.79 Å². The predicted octanol–water partition coefficient (Wildman–Crippen LogP) is 2.48. The van der Waals surface area contributed by atoms with Crippen molar-refractivity contribution in [2.75, 3.05) is 13.1 Å². The highest BCUT2D eigenvalue weighted by atomic mass is 16.2. The Balaban J connectivity index is 1.66. The minimum absolute atomic E-state index is 0.0736. The highest BCUT2D eigenvalue weighted by Crippen LogP contribution is 2.42. The van der Waals surface area contributed by atoms with Crippen LogP contribution >= 0.6 is 0 Å². The normalized spacial score (nSPS) is 28.0. The summed E-state index contributed by atoms with van der Waals surface area (Å²) in [6.07, 6.45) is 5.80. The van der Waals surface area contributed by atoms with E-state index in [1.807, 2.05) is 0 Å². The zero-order valence-electron chi connectivity index (χ0n) is 14.5. The van der Waals surface area contributed by atoms with Gasteiger partial charge in [-0.05, 0) is 65.5 Å². The first kappa shape index (κ1) is 15.2. The summed E-state index contributed by atoms with van der Waals surface area (Å²) in [6, 6.07) is 2.81. The van der Waals surface area contributed by atoms with Gasteiger partial charge in [-0.1, -0.05) is 0 Å². The lowest BCUT2D eigenvalue weighted by Gasteiger charge is -2.27. The minimum Gasteiger partial charge on any atom is -0.330 e. The minimum atomic E-state index is -0.0736. The summed E-state index contributed by atoms with van der Waals surface area (Å²) in [5.74, 6) is 0.747. The van der Waals surface area contributed by atoms with Crippen molar-refractivity contribution in [2.24, 2.45) is 0 Å². The number of hydrogen-bond donors (Lipinski definition) is 1. The lowest BCUT2D eigenvalue weighted by atomic mass is 10.1. The number of nitrogens with one attached hydrogen (secondary N) is 1. The van der Waals surface area contributed by atoms with Crippen molar-refractivity contribution in [1.82, 2.24) is 20.0 Å². The van der Waals surface area contributed by atoms with Gasteiger partial charge in [0, 0.05) is 30.2 Å². The molecule has 2 unspecified atom stereocenters. The Bertz CT molecular complexity index is 597. The number of fused-ring (bicyclic) bond motifs is 2. The van der Waals surface area contributed by atoms with Gasteiger partial charge < -0.3 is 10.2 Å². The third kappa shape index (κ3) is 2.69. The summed E-state index contributed by atoms with van der Waals surface area (Å²) >= 11 is 0. The van der Waals surface area contributed by atoms with Gasteiger partial charge in [-0.3, -0.25) is 9.48 Å². The molecule has 1 aliphatic carbocycles. The van der Waals surface area contributed by atoms with Gasteiger partial charge in [-0.25, -0.2) is 0 Å². The average Bonchev–Trinajstić information content (AvgIpc) is 3.12. The molecular weight excluding hydrogens is 288 g/mol. The van der Waals surface area contributed by atoms with Crippen LogP contribution in [0.1, 0.15) is 75.0 Å². The zero-order valence-corrected chi connectivity index (χ0v) is 14.5. The Hall–Kier alpha value is -1.36. The van der Waals surface area contributed by atoms with Crippen LogP contribution in [0.3, 0.4) is 0 Å². The lowest BCUT2D eigenvalue weighted by molar-refractivity contribution is 0.0672. The number of rotatable bonds is 2. The fourth-order valence-corrected chi connectivity index (χ4v) is 4.15. The second kappa shape index (κ2) is 5.33. The van der Waals surface area contributed by atoms with Crippen LogP contribution in [0.5, 0.6) is 0 Å². The van der Waals surface area contributed by atoms with E-state index in [1.165, 1.54) is 18.5 Å². The largest absolute Gasteiger partial charge is 0.330 e. The van der Waals surface area contributed by atoms with E-state index in [0.29, 0.717) is 23.7 Å². The Morgan fingerprint density at radius 1 is 1.17 bits per heavy atom. The number of nitrogens with zero attached hydrogens (tertiary/aromatic N) is 3. The van der Waals surface area contributed by atoms with Gasteiger partial charge in [0.1, 0.15) is 0 Å². The van der Waals surface area contributed by atoms with Crippen LogP contribution in [-0.4, -0.2) is 45.8 Å². The SMILES string of the molecule is CC(C)(C)n1nc(C(=O)N2C3CCNCC2CC3)cc1C1CC1. The first-order valence-corrected chi connectivity index (χ1v) is 9.09. The summed E-state index contributed by atoms with van der Waals surface area (Å²) in [4.78, 5) is 15.3. The standard InChI is InChI=1S/C18H28N4O/c1-18(2,3)22-16(12-4-5-12)10-15(20-22)17(23)21-13-6-7-14(21)11-19-9-8-13/h10,12-14,19H,4-9,11H2,1-3H3. The van der Waals surface area contributed by atoms with Gasteiger partial charge in [0.15, 0.2) is 5.69 Å². The first-order chi connectivity index (χ1) is 10.9. The van der Waals surface area contributed by atoms with Gasteiger partial charge in [-0.2, -0.15) is 5.10 Å². The first-order valence-electron chi connectivity index (χ1n) is 9.09. The molecule has 3 aliphatic rings. The Labute approximate surface area is 138 Å². The molecule has 3 fully saturated rings. The van der Waals surface area contributed by atoms with Crippen molar-refractivity contribution in [1.29, 1.82) is 0 Å². The molecule has 2 atom stereocenters. The molecule has 1 aromatic rings. The number of amides is 1. The molecule has 1 amide bonds. The molecule has 0 radical (unpaired) electrons. The van der Waals surface area contributed by atoms with Crippen molar-refractivity contribution < 1.29 is 4.79 Å². The topological polar surface area (TPSA) is 50.2 Å². The summed E-state index contributed by atoms with van der Waals surface area (Å²) in [7, 11) is 0. The predicted molar refractivity (Wildman–Crippen MR) is 89.7 cm³/mol. The summed E-state index contributed by atoms with van der Waals surface area (Å²) in [5, 5.41) is 8.21. The quantitative estimate of drug-likeness (QED) is 0.912. The van der Waals surface area contributed by atoms with Crippen LogP contribution in [0.25, 0.3) is 0 Å². The third-order valence-electron chi connectivity index (χ3n) is 5.48. The van der Waals surface area contributed by atoms with Gasteiger partial charge in [0.2, 0.25) is 0 Å². The molecule has 5 nitrogen and oxygen atoms in total. The van der Waals surface area contributed by atoms with Crippen LogP contribution < -0.4 is 5.32 Å². The van der Waals surface area contributed by atoms with Crippen LogP contribution in [0.2, 0.25) is 0 Å². The highest BCUT2D eigenvalue weighted by Gasteiger charge is 2.40. The molecule has 1 saturated carbocycles. The Kier molecular flexibility index (Phi) is 3.52. The molecule has 0 spiro atoms. The monoisotopic (exact) mass is 316 g/mol. The highest BCUT2D eigenvalue weighted by molar-refractivity contribution is 5.93. The van der Waals surface area contributed by atoms with Crippen LogP contribution in [0, 0.1) is 0 Å². The number of hydrogen-bond acceptors (Lipinski definition) is 3. The molecule has 5 heteroatoms. The maximum absolute atomic E-state index is 13.2. The molecule has 0 aromatic carbocycles. The van der Waals surface area contributed by atoms with Crippen LogP contribution in [0.4, 0.5) is 0 Å². The second-order valence-corrected chi connectivity index (χ2v) is 8.40. The summed E-state index contributed by atoms with van der Waals surface area (Å²) in [6.45, 7) is 8.45. The molecule has 2 aliphatic heterocycles. The fraction of sp³-hybridized carbons (Fsp3) is 0.778. The molecule has 4 rings (SSSR count). The van der Waals surface area contributed by atoms with Gasteiger partial charge >= 0.3 is 0 Å². The van der Waals surface area contributed by atoms with E-state index < -0.39 is 0 Å². The maximum Gasteiger partial charge on any atom is 0.274 e. The Morgan fingerprint density at radius 2 is 1.91 bits per heavy atom. The van der Waals surface area contributed by atoms with E-state index in [-0.39, 0.29) is 11.4 Å². The summed E-state index contributed by atoms with van der Waals surface area (Å²) in [5.41, 5.74) is 1.83. The van der Waals surface area contributed by atoms with Crippen molar-refractivity contribution in [2.45, 2.75) is 76.4 Å². The smallest absolute Gasteiger partial charge is 0.274 e. The molecule has 2 bridgehead atoms. The van der Waals surface area contributed by atoms with E-state index >= 15 is 0 Å². The van der Waals surface area contributed by atoms with E-state index in [4.69, 9.17) is 5.10 Å². The Morgan fingerprint density at radius 3 is 2.61 bits per heavy atom. The van der Waals surface area contributed by atoms with E-state index in [2.05, 4.69) is 41.7 Å². The van der Waals surface area contributed by atoms with Crippen molar-refractivity contribution >= 4 is 5.91 Å². The number of aromatic nitrogens is 2. The molecule has 2 saturated heterocycles. The molecule has 1 aromatic heterocycles. The summed E-state index contributed by atoms with van der Waals surface area (Å²) < 4.78 is 2.09. The molecular formula is C18H28N4O. The van der Waals surface area contributed by atoms with Gasteiger partial charge in [-0.15, -0.1) is 0 Å². The van der Waals surface area contributed by atoms with Gasteiger partial charge in [0.05, 0.1) is 5.54 Å².